The summed E-state index contributed by atoms with van der Waals surface area (Å²) in [6.07, 6.45) is 0. The van der Waals surface area contributed by atoms with Gasteiger partial charge in [-0.3, -0.25) is 9.11 Å². The Morgan fingerprint density at radius 3 is 1.25 bits per heavy atom. The van der Waals surface area contributed by atoms with E-state index in [9.17, 15) is 25.9 Å². The molecule has 0 amide bonds. The molecule has 12 N–H and O–H groups in total. The lowest BCUT2D eigenvalue weighted by Crippen LogP contribution is -2.55. The molecule has 48 heavy (non-hydrogen) atoms. The largest absolute Gasteiger partial charge is 0.397 e. The van der Waals surface area contributed by atoms with E-state index >= 15 is 0 Å². The van der Waals surface area contributed by atoms with Gasteiger partial charge in [0.25, 0.3) is 20.2 Å². The summed E-state index contributed by atoms with van der Waals surface area (Å²) in [7, 11) is -10.1. The van der Waals surface area contributed by atoms with Gasteiger partial charge in [-0.15, -0.1) is 0 Å². The first-order valence-electron chi connectivity index (χ1n) is 15.1. The highest BCUT2D eigenvalue weighted by atomic mass is 32.2. The molecule has 0 heterocycles. The van der Waals surface area contributed by atoms with Gasteiger partial charge in [0.05, 0.1) is 23.5 Å². The van der Waals surface area contributed by atoms with E-state index in [1.165, 1.54) is 36.4 Å². The Morgan fingerprint density at radius 1 is 0.604 bits per heavy atom. The maximum Gasteiger partial charge on any atom is 0.281 e. The summed E-state index contributed by atoms with van der Waals surface area (Å²) in [4.78, 5) is 0. The minimum Gasteiger partial charge on any atom is -0.397 e. The first kappa shape index (κ1) is 30.2. The van der Waals surface area contributed by atoms with E-state index in [4.69, 9.17) is 25.8 Å². The second-order valence-corrected chi connectivity index (χ2v) is 14.6. The van der Waals surface area contributed by atoms with Gasteiger partial charge in [0.1, 0.15) is 11.4 Å². The minimum absolute atomic E-state index is 0.0103. The first-order chi connectivity index (χ1) is 23.7. The van der Waals surface area contributed by atoms with E-state index in [-0.39, 0.29) is 56.2 Å². The third-order valence-corrected chi connectivity index (χ3v) is 12.3. The third-order valence-electron chi connectivity index (χ3n) is 9.24. The number of nitrogens with one attached hydrogen (secondary N) is 2. The van der Waals surface area contributed by atoms with Crippen molar-refractivity contribution < 1.29 is 28.8 Å². The highest BCUT2D eigenvalue weighted by Crippen LogP contribution is 2.50. The highest BCUT2D eigenvalue weighted by molar-refractivity contribution is 7.87. The van der Waals surface area contributed by atoms with Crippen LogP contribution in [0.1, 0.15) is 33.4 Å². The summed E-state index contributed by atoms with van der Waals surface area (Å²) < 4.78 is 85.1. The molecule has 0 saturated carbocycles. The normalized spacial score (nSPS) is 25.2. The number of nitrogens with zero attached hydrogens (tertiary/aromatic N) is 2. The molecule has 2 aliphatic carbocycles. The molecule has 246 valence electrons. The number of nitrogens with two attached hydrogens (primary N) is 4. The molecule has 4 aromatic rings. The van der Waals surface area contributed by atoms with Crippen molar-refractivity contribution in [2.75, 3.05) is 0 Å². The van der Waals surface area contributed by atoms with Gasteiger partial charge in [0.2, 0.25) is 2.82 Å². The van der Waals surface area contributed by atoms with Crippen LogP contribution in [-0.2, 0) is 29.7 Å². The summed E-state index contributed by atoms with van der Waals surface area (Å²) in [5.41, 5.74) is 33.1. The predicted molar refractivity (Wildman–Crippen MR) is 178 cm³/mol. The number of hydrogen-bond acceptors (Lipinski definition) is 12. The Bertz CT molecular complexity index is 2200. The maximum absolute atomic E-state index is 13.4. The molecular formula is C32H30N8O6S2. The van der Waals surface area contributed by atoms with Crippen molar-refractivity contribution >= 4 is 31.6 Å². The van der Waals surface area contributed by atoms with Crippen LogP contribution in [0.4, 0.5) is 0 Å². The molecule has 0 spiro atoms. The van der Waals surface area contributed by atoms with Crippen LogP contribution < -0.4 is 22.9 Å². The van der Waals surface area contributed by atoms with Crippen molar-refractivity contribution in [2.24, 2.45) is 33.2 Å². The van der Waals surface area contributed by atoms with Gasteiger partial charge < -0.3 is 22.9 Å². The van der Waals surface area contributed by atoms with E-state index in [0.717, 1.165) is 0 Å². The molecule has 4 aromatic carbocycles. The van der Waals surface area contributed by atoms with Crippen LogP contribution in [0.3, 0.4) is 0 Å². The third kappa shape index (κ3) is 4.31. The maximum atomic E-state index is 13.4. The van der Waals surface area contributed by atoms with Crippen molar-refractivity contribution in [3.05, 3.63) is 142 Å². The van der Waals surface area contributed by atoms with Crippen molar-refractivity contribution in [1.29, 1.82) is 11.0 Å². The van der Waals surface area contributed by atoms with E-state index in [2.05, 4.69) is 21.3 Å². The zero-order valence-electron chi connectivity index (χ0n) is 26.8. The van der Waals surface area contributed by atoms with Crippen molar-refractivity contribution in [2.45, 2.75) is 21.6 Å². The van der Waals surface area contributed by atoms with E-state index in [1.807, 2.05) is 0 Å². The van der Waals surface area contributed by atoms with Crippen molar-refractivity contribution in [1.82, 2.24) is 0 Å². The van der Waals surface area contributed by atoms with Crippen LogP contribution in [-0.4, -0.2) is 38.0 Å². The van der Waals surface area contributed by atoms with Gasteiger partial charge in [0.15, 0.2) is 9.49 Å². The fourth-order valence-electron chi connectivity index (χ4n) is 7.03. The Hall–Kier alpha value is -5.10. The molecule has 0 aliphatic heterocycles. The highest BCUT2D eigenvalue weighted by Gasteiger charge is 2.58. The predicted octanol–water partition coefficient (Wildman–Crippen LogP) is 3.61. The molecular weight excluding hydrogens is 657 g/mol. The zero-order chi connectivity index (χ0) is 36.2. The summed E-state index contributed by atoms with van der Waals surface area (Å²) in [6, 6.07) is 21.5. The fraction of sp³-hybridized carbons (Fsp3) is 0.125. The Balaban J connectivity index is 1.48. The first-order valence-corrected chi connectivity index (χ1v) is 17.1. The molecule has 0 radical (unpaired) electrons. The van der Waals surface area contributed by atoms with Crippen molar-refractivity contribution in [3.63, 3.8) is 0 Å². The Morgan fingerprint density at radius 2 is 0.938 bits per heavy atom. The Labute approximate surface area is 278 Å². The average molecular weight is 687 g/mol. The molecule has 14 nitrogen and oxygen atoms in total. The topological polar surface area (TPSA) is 285 Å². The van der Waals surface area contributed by atoms with Gasteiger partial charge in [-0.05, 0) is 33.4 Å². The summed E-state index contributed by atoms with van der Waals surface area (Å²) in [6.45, 7) is 0. The lowest BCUT2D eigenvalue weighted by Gasteiger charge is -2.41. The van der Waals surface area contributed by atoms with E-state index in [0.29, 0.717) is 11.1 Å². The van der Waals surface area contributed by atoms with Crippen LogP contribution in [0.15, 0.2) is 119 Å². The van der Waals surface area contributed by atoms with Gasteiger partial charge in [-0.25, -0.2) is 11.0 Å². The van der Waals surface area contributed by atoms with E-state index in [1.54, 1.807) is 60.7 Å². The lowest BCUT2D eigenvalue weighted by atomic mass is 9.75. The second-order valence-electron chi connectivity index (χ2n) is 11.4. The summed E-state index contributed by atoms with van der Waals surface area (Å²) in [5, 5.41) is 7.40. The quantitative estimate of drug-likeness (QED) is 0.103. The van der Waals surface area contributed by atoms with Crippen LogP contribution in [0.25, 0.3) is 22.5 Å². The standard InChI is InChI=1S/C32H30N8O6S2/c33-25-21-5-1-3-7-23(21)31(47(41,42)43,29(35)27(25)39-37)19-13-9-17(10-14-19)18-11-15-20(16-12-18)32(48(44,45)46)24-8-4-2-6-22(24)26(34)28(40-38)30(32)36/h1-16,29-30,37-38H,33-36H2,(H,41,42,43)(H,44,45,46)/b39-37+,40-38+. The van der Waals surface area contributed by atoms with Gasteiger partial charge in [-0.2, -0.15) is 27.1 Å². The molecule has 4 unspecified atom stereocenters. The fourth-order valence-corrected chi connectivity index (χ4v) is 9.68. The number of fused-ring (bicyclic) bond motifs is 2. The number of rotatable bonds is 7. The molecule has 0 bridgehead atoms. The monoisotopic (exact) mass is 686 g/mol. The molecule has 0 aromatic heterocycles. The SMILES string of the molecule is [H]/N=N/C1=C(N)c2ccccc2C(c2ccc(-c3ccc(C4(S(=O)(=O)O)c5ccccc5C(N)=C(/N=N/[H])C4N)cc3)cc2)(S(=O)(=O)O)C1N. The molecule has 0 fully saturated rings. The van der Waals surface area contributed by atoms with Crippen LogP contribution in [0, 0.1) is 11.0 Å². The second kappa shape index (κ2) is 11.3. The van der Waals surface area contributed by atoms with Crippen molar-refractivity contribution in [3.8, 4) is 11.1 Å². The van der Waals surface area contributed by atoms with Gasteiger partial charge in [-0.1, -0.05) is 97.1 Å². The summed E-state index contributed by atoms with van der Waals surface area (Å²) in [5.74, 6) is 0. The molecule has 4 atom stereocenters. The molecule has 2 aliphatic rings. The van der Waals surface area contributed by atoms with Gasteiger partial charge in [0, 0.05) is 11.1 Å². The van der Waals surface area contributed by atoms with Crippen LogP contribution >= 0.6 is 0 Å². The zero-order valence-corrected chi connectivity index (χ0v) is 26.5. The summed E-state index contributed by atoms with van der Waals surface area (Å²) >= 11 is 0. The van der Waals surface area contributed by atoms with E-state index < -0.39 is 41.8 Å². The van der Waals surface area contributed by atoms with Crippen LogP contribution in [0.5, 0.6) is 0 Å². The lowest BCUT2D eigenvalue weighted by molar-refractivity contribution is 0.422. The number of hydrogen-bond donors (Lipinski definition) is 8. The average Bonchev–Trinajstić information content (AvgIpc) is 3.08. The van der Waals surface area contributed by atoms with Gasteiger partial charge >= 0.3 is 0 Å². The smallest absolute Gasteiger partial charge is 0.281 e. The minimum atomic E-state index is -5.05. The molecule has 0 saturated heterocycles. The molecule has 6 rings (SSSR count). The Kier molecular flexibility index (Phi) is 7.09. The number of benzene rings is 4. The molecule has 16 heteroatoms. The van der Waals surface area contributed by atoms with Crippen LogP contribution in [0.2, 0.25) is 2.82 Å².